The van der Waals surface area contributed by atoms with Gasteiger partial charge in [0.05, 0.1) is 11.9 Å². The fraction of sp³-hybridized carbons (Fsp3) is 0.294. The van der Waals surface area contributed by atoms with Gasteiger partial charge >= 0.3 is 0 Å². The maximum Gasteiger partial charge on any atom is 0.274 e. The molecule has 0 spiro atoms. The van der Waals surface area contributed by atoms with Crippen LogP contribution in [-0.4, -0.2) is 17.4 Å². The van der Waals surface area contributed by atoms with Gasteiger partial charge in [0.1, 0.15) is 5.69 Å². The number of hydrogen-bond acceptors (Lipinski definition) is 3. The molecular formula is C17H20ClN3O. The second kappa shape index (κ2) is 7.80. The Kier molecular flexibility index (Phi) is 5.78. The van der Waals surface area contributed by atoms with E-state index in [1.165, 1.54) is 0 Å². The molecule has 4 nitrogen and oxygen atoms in total. The van der Waals surface area contributed by atoms with Crippen LogP contribution >= 0.6 is 11.6 Å². The number of nitrogens with zero attached hydrogens (tertiary/aromatic N) is 1. The smallest absolute Gasteiger partial charge is 0.274 e. The molecule has 1 aromatic heterocycles. The minimum Gasteiger partial charge on any atom is -0.384 e. The molecular weight excluding hydrogens is 298 g/mol. The van der Waals surface area contributed by atoms with Crippen LogP contribution in [0.2, 0.25) is 5.02 Å². The molecule has 1 amide bonds. The van der Waals surface area contributed by atoms with Gasteiger partial charge in [0.25, 0.3) is 5.91 Å². The van der Waals surface area contributed by atoms with Crippen molar-refractivity contribution in [2.75, 3.05) is 17.2 Å². The van der Waals surface area contributed by atoms with Crippen LogP contribution in [0.25, 0.3) is 0 Å². The third-order valence-electron chi connectivity index (χ3n) is 3.37. The summed E-state index contributed by atoms with van der Waals surface area (Å²) in [6.45, 7) is 4.92. The Labute approximate surface area is 135 Å². The van der Waals surface area contributed by atoms with Crippen molar-refractivity contribution in [3.63, 3.8) is 0 Å². The van der Waals surface area contributed by atoms with Gasteiger partial charge in [-0.05, 0) is 43.2 Å². The van der Waals surface area contributed by atoms with E-state index < -0.39 is 0 Å². The topological polar surface area (TPSA) is 54.0 Å². The van der Waals surface area contributed by atoms with Crippen LogP contribution in [0.1, 0.15) is 35.8 Å². The largest absolute Gasteiger partial charge is 0.384 e. The van der Waals surface area contributed by atoms with Gasteiger partial charge in [0.15, 0.2) is 0 Å². The zero-order chi connectivity index (χ0) is 15.9. The lowest BCUT2D eigenvalue weighted by atomic mass is 10.2. The summed E-state index contributed by atoms with van der Waals surface area (Å²) in [5.74, 6) is -0.245. The Morgan fingerprint density at radius 1 is 1.27 bits per heavy atom. The number of benzene rings is 1. The minimum atomic E-state index is -0.245. The average molecular weight is 318 g/mol. The van der Waals surface area contributed by atoms with Gasteiger partial charge in [-0.15, -0.1) is 0 Å². The molecule has 1 aromatic carbocycles. The van der Waals surface area contributed by atoms with E-state index in [1.807, 2.05) is 19.1 Å². The summed E-state index contributed by atoms with van der Waals surface area (Å²) < 4.78 is 0. The number of carbonyl (C=O) groups is 1. The molecule has 0 aliphatic carbocycles. The molecule has 0 aliphatic rings. The van der Waals surface area contributed by atoms with Crippen molar-refractivity contribution in [3.05, 3.63) is 52.8 Å². The summed E-state index contributed by atoms with van der Waals surface area (Å²) in [7, 11) is 0. The first-order chi connectivity index (χ1) is 10.6. The van der Waals surface area contributed by atoms with Crippen molar-refractivity contribution >= 4 is 28.9 Å². The monoisotopic (exact) mass is 317 g/mol. The molecule has 0 radical (unpaired) electrons. The van der Waals surface area contributed by atoms with E-state index in [4.69, 9.17) is 11.6 Å². The molecule has 2 N–H and O–H groups in total. The number of anilines is 2. The molecule has 0 unspecified atom stereocenters. The van der Waals surface area contributed by atoms with Crippen molar-refractivity contribution in [2.45, 2.75) is 26.7 Å². The second-order valence-electron chi connectivity index (χ2n) is 5.08. The summed E-state index contributed by atoms with van der Waals surface area (Å²) in [4.78, 5) is 16.4. The van der Waals surface area contributed by atoms with Crippen LogP contribution in [0.5, 0.6) is 0 Å². The number of carbonyl (C=O) groups excluding carboxylic acids is 1. The average Bonchev–Trinajstić information content (AvgIpc) is 2.53. The number of pyridine rings is 1. The number of rotatable bonds is 6. The van der Waals surface area contributed by atoms with Gasteiger partial charge in [-0.1, -0.05) is 31.0 Å². The summed E-state index contributed by atoms with van der Waals surface area (Å²) in [6.07, 6.45) is 3.92. The lowest BCUT2D eigenvalue weighted by Gasteiger charge is -2.10. The van der Waals surface area contributed by atoms with E-state index in [0.29, 0.717) is 16.4 Å². The summed E-state index contributed by atoms with van der Waals surface area (Å²) in [5, 5.41) is 6.73. The Balaban J connectivity index is 2.02. The quantitative estimate of drug-likeness (QED) is 0.771. The van der Waals surface area contributed by atoms with E-state index in [2.05, 4.69) is 22.5 Å². The first-order valence-corrected chi connectivity index (χ1v) is 7.76. The highest BCUT2D eigenvalue weighted by molar-refractivity contribution is 6.31. The van der Waals surface area contributed by atoms with Crippen molar-refractivity contribution < 1.29 is 4.79 Å². The normalized spacial score (nSPS) is 10.3. The minimum absolute atomic E-state index is 0.245. The van der Waals surface area contributed by atoms with Crippen LogP contribution in [0.4, 0.5) is 11.4 Å². The second-order valence-corrected chi connectivity index (χ2v) is 5.49. The molecule has 2 aromatic rings. The Bertz CT molecular complexity index is 641. The standard InChI is InChI=1S/C17H20ClN3O/c1-3-4-10-19-13-8-9-16(20-11-13)17(22)21-15-7-5-6-14(18)12(15)2/h5-9,11,19H,3-4,10H2,1-2H3,(H,21,22). The zero-order valence-electron chi connectivity index (χ0n) is 12.8. The van der Waals surface area contributed by atoms with Crippen LogP contribution in [0.15, 0.2) is 36.5 Å². The number of unbranched alkanes of at least 4 members (excludes halogenated alkanes) is 1. The molecule has 0 atom stereocenters. The highest BCUT2D eigenvalue weighted by Gasteiger charge is 2.10. The molecule has 22 heavy (non-hydrogen) atoms. The number of aromatic nitrogens is 1. The fourth-order valence-electron chi connectivity index (χ4n) is 1.97. The maximum atomic E-state index is 12.2. The maximum absolute atomic E-state index is 12.2. The van der Waals surface area contributed by atoms with Crippen molar-refractivity contribution in [1.82, 2.24) is 4.98 Å². The molecule has 116 valence electrons. The molecule has 5 heteroatoms. The molecule has 0 saturated heterocycles. The number of nitrogens with one attached hydrogen (secondary N) is 2. The highest BCUT2D eigenvalue weighted by atomic mass is 35.5. The predicted molar refractivity (Wildman–Crippen MR) is 91.8 cm³/mol. The summed E-state index contributed by atoms with van der Waals surface area (Å²) in [6, 6.07) is 8.99. The van der Waals surface area contributed by atoms with Crippen molar-refractivity contribution in [2.24, 2.45) is 0 Å². The van der Waals surface area contributed by atoms with E-state index in [-0.39, 0.29) is 5.91 Å². The fourth-order valence-corrected chi connectivity index (χ4v) is 2.15. The number of hydrogen-bond donors (Lipinski definition) is 2. The first-order valence-electron chi connectivity index (χ1n) is 7.38. The van der Waals surface area contributed by atoms with Gasteiger partial charge in [0, 0.05) is 17.3 Å². The third kappa shape index (κ3) is 4.21. The van der Waals surface area contributed by atoms with Gasteiger partial charge in [0.2, 0.25) is 0 Å². The SMILES string of the molecule is CCCCNc1ccc(C(=O)Nc2cccc(Cl)c2C)nc1. The number of halogens is 1. The van der Waals surface area contributed by atoms with E-state index >= 15 is 0 Å². The molecule has 0 saturated carbocycles. The third-order valence-corrected chi connectivity index (χ3v) is 3.78. The Hall–Kier alpha value is -2.07. The van der Waals surface area contributed by atoms with Crippen molar-refractivity contribution in [1.29, 1.82) is 0 Å². The number of amides is 1. The van der Waals surface area contributed by atoms with Gasteiger partial charge in [-0.25, -0.2) is 4.98 Å². The first kappa shape index (κ1) is 16.3. The Morgan fingerprint density at radius 2 is 2.09 bits per heavy atom. The molecule has 1 heterocycles. The van der Waals surface area contributed by atoms with Crippen molar-refractivity contribution in [3.8, 4) is 0 Å². The zero-order valence-corrected chi connectivity index (χ0v) is 13.6. The van der Waals surface area contributed by atoms with Crippen LogP contribution in [-0.2, 0) is 0 Å². The van der Waals surface area contributed by atoms with Gasteiger partial charge < -0.3 is 10.6 Å². The van der Waals surface area contributed by atoms with Gasteiger partial charge in [-0.2, -0.15) is 0 Å². The summed E-state index contributed by atoms with van der Waals surface area (Å²) >= 11 is 6.05. The van der Waals surface area contributed by atoms with Crippen LogP contribution < -0.4 is 10.6 Å². The highest BCUT2D eigenvalue weighted by Crippen LogP contribution is 2.23. The Morgan fingerprint density at radius 3 is 2.77 bits per heavy atom. The van der Waals surface area contributed by atoms with Gasteiger partial charge in [-0.3, -0.25) is 4.79 Å². The summed E-state index contributed by atoms with van der Waals surface area (Å²) in [5.41, 5.74) is 2.84. The predicted octanol–water partition coefficient (Wildman–Crippen LogP) is 4.51. The lowest BCUT2D eigenvalue weighted by molar-refractivity contribution is 0.102. The van der Waals surface area contributed by atoms with E-state index in [1.54, 1.807) is 24.4 Å². The molecule has 2 rings (SSSR count). The van der Waals surface area contributed by atoms with Crippen LogP contribution in [0, 0.1) is 6.92 Å². The molecule has 0 fully saturated rings. The molecule has 0 aliphatic heterocycles. The van der Waals surface area contributed by atoms with Crippen LogP contribution in [0.3, 0.4) is 0 Å². The lowest BCUT2D eigenvalue weighted by Crippen LogP contribution is -2.14. The van der Waals surface area contributed by atoms with E-state index in [9.17, 15) is 4.79 Å². The van der Waals surface area contributed by atoms with E-state index in [0.717, 1.165) is 30.6 Å². The molecule has 0 bridgehead atoms.